The van der Waals surface area contributed by atoms with E-state index in [0.717, 1.165) is 17.8 Å². The van der Waals surface area contributed by atoms with Gasteiger partial charge in [0.15, 0.2) is 0 Å². The van der Waals surface area contributed by atoms with Gasteiger partial charge in [0.25, 0.3) is 0 Å². The average Bonchev–Trinajstić information content (AvgIpc) is 2.53. The lowest BCUT2D eigenvalue weighted by molar-refractivity contribution is 0.815. The number of benzene rings is 2. The van der Waals surface area contributed by atoms with Crippen molar-refractivity contribution in [3.8, 4) is 0 Å². The fourth-order valence-electron chi connectivity index (χ4n) is 2.33. The highest BCUT2D eigenvalue weighted by Gasteiger charge is 2.00. The number of rotatable bonds is 5. The summed E-state index contributed by atoms with van der Waals surface area (Å²) >= 11 is 1.87. The van der Waals surface area contributed by atoms with Crippen LogP contribution in [-0.4, -0.2) is 12.0 Å². The summed E-state index contributed by atoms with van der Waals surface area (Å²) in [5.41, 5.74) is 3.71. The molecule has 0 unspecified atom stereocenters. The summed E-state index contributed by atoms with van der Waals surface area (Å²) < 4.78 is 0. The van der Waals surface area contributed by atoms with Crippen LogP contribution in [0.2, 0.25) is 0 Å². The highest BCUT2D eigenvalue weighted by Crippen LogP contribution is 2.25. The lowest BCUT2D eigenvalue weighted by Gasteiger charge is -2.06. The second-order valence-corrected chi connectivity index (χ2v) is 6.05. The maximum atomic E-state index is 4.36. The standard InChI is InChI=1S/C18H18N2S/c1-19-12-14-4-2-6-17(11-14)21-13-15-7-8-18-16(10-15)5-3-9-20-18/h2-11,19H,12-13H2,1H3. The van der Waals surface area contributed by atoms with Crippen LogP contribution in [0.3, 0.4) is 0 Å². The molecule has 2 aromatic carbocycles. The molecule has 1 N–H and O–H groups in total. The number of hydrogen-bond acceptors (Lipinski definition) is 3. The van der Waals surface area contributed by atoms with Crippen molar-refractivity contribution in [1.82, 2.24) is 10.3 Å². The summed E-state index contributed by atoms with van der Waals surface area (Å²) in [5.74, 6) is 0.980. The van der Waals surface area contributed by atoms with Crippen LogP contribution in [0.4, 0.5) is 0 Å². The number of pyridine rings is 1. The number of nitrogens with zero attached hydrogens (tertiary/aromatic N) is 1. The summed E-state index contributed by atoms with van der Waals surface area (Å²) in [6.45, 7) is 0.913. The second-order valence-electron chi connectivity index (χ2n) is 5.00. The van der Waals surface area contributed by atoms with Gasteiger partial charge in [-0.2, -0.15) is 0 Å². The largest absolute Gasteiger partial charge is 0.316 e. The predicted octanol–water partition coefficient (Wildman–Crippen LogP) is 4.25. The van der Waals surface area contributed by atoms with E-state index >= 15 is 0 Å². The molecule has 0 saturated carbocycles. The summed E-state index contributed by atoms with van der Waals surface area (Å²) in [7, 11) is 1.98. The van der Waals surface area contributed by atoms with Gasteiger partial charge in [0.1, 0.15) is 0 Å². The quantitative estimate of drug-likeness (QED) is 0.712. The molecule has 0 amide bonds. The first-order chi connectivity index (χ1) is 10.3. The Morgan fingerprint density at radius 1 is 1.00 bits per heavy atom. The molecule has 0 saturated heterocycles. The number of aromatic nitrogens is 1. The van der Waals surface area contributed by atoms with Crippen LogP contribution in [0, 0.1) is 0 Å². The van der Waals surface area contributed by atoms with E-state index in [9.17, 15) is 0 Å². The van der Waals surface area contributed by atoms with Gasteiger partial charge in [-0.05, 0) is 48.5 Å². The fourth-order valence-corrected chi connectivity index (χ4v) is 3.25. The van der Waals surface area contributed by atoms with Crippen molar-refractivity contribution in [2.75, 3.05) is 7.05 Å². The zero-order chi connectivity index (χ0) is 14.5. The van der Waals surface area contributed by atoms with Gasteiger partial charge in [0.05, 0.1) is 5.52 Å². The molecule has 0 aliphatic rings. The van der Waals surface area contributed by atoms with E-state index in [1.165, 1.54) is 21.4 Å². The summed E-state index contributed by atoms with van der Waals surface area (Å²) in [4.78, 5) is 5.67. The Morgan fingerprint density at radius 2 is 1.95 bits per heavy atom. The second kappa shape index (κ2) is 6.74. The van der Waals surface area contributed by atoms with Crippen molar-refractivity contribution >= 4 is 22.7 Å². The maximum absolute atomic E-state index is 4.36. The molecule has 2 nitrogen and oxygen atoms in total. The molecule has 0 aliphatic heterocycles. The van der Waals surface area contributed by atoms with Crippen molar-refractivity contribution in [3.05, 3.63) is 71.9 Å². The van der Waals surface area contributed by atoms with Gasteiger partial charge in [-0.3, -0.25) is 4.98 Å². The van der Waals surface area contributed by atoms with Gasteiger partial charge in [0.2, 0.25) is 0 Å². The number of fused-ring (bicyclic) bond motifs is 1. The third kappa shape index (κ3) is 3.63. The van der Waals surface area contributed by atoms with E-state index in [1.54, 1.807) is 0 Å². The molecule has 106 valence electrons. The third-order valence-corrected chi connectivity index (χ3v) is 4.42. The molecule has 3 heteroatoms. The molecule has 3 rings (SSSR count). The maximum Gasteiger partial charge on any atom is 0.0702 e. The van der Waals surface area contributed by atoms with Crippen LogP contribution < -0.4 is 5.32 Å². The van der Waals surface area contributed by atoms with Gasteiger partial charge < -0.3 is 5.32 Å². The van der Waals surface area contributed by atoms with Crippen molar-refractivity contribution in [2.24, 2.45) is 0 Å². The Bertz CT molecular complexity index is 740. The smallest absolute Gasteiger partial charge is 0.0702 e. The van der Waals surface area contributed by atoms with Crippen LogP contribution >= 0.6 is 11.8 Å². The predicted molar refractivity (Wildman–Crippen MR) is 90.5 cm³/mol. The Labute approximate surface area is 129 Å². The number of nitrogens with one attached hydrogen (secondary N) is 1. The third-order valence-electron chi connectivity index (χ3n) is 3.35. The highest BCUT2D eigenvalue weighted by atomic mass is 32.2. The summed E-state index contributed by atoms with van der Waals surface area (Å²) in [6, 6.07) is 19.3. The van der Waals surface area contributed by atoms with E-state index in [1.807, 2.05) is 31.1 Å². The Hall–Kier alpha value is -1.84. The monoisotopic (exact) mass is 294 g/mol. The topological polar surface area (TPSA) is 24.9 Å². The van der Waals surface area contributed by atoms with Crippen molar-refractivity contribution in [1.29, 1.82) is 0 Å². The van der Waals surface area contributed by atoms with Crippen LogP contribution in [-0.2, 0) is 12.3 Å². The first-order valence-electron chi connectivity index (χ1n) is 7.05. The number of thioether (sulfide) groups is 1. The van der Waals surface area contributed by atoms with E-state index in [4.69, 9.17) is 0 Å². The van der Waals surface area contributed by atoms with E-state index in [0.29, 0.717) is 0 Å². The van der Waals surface area contributed by atoms with Crippen molar-refractivity contribution in [3.63, 3.8) is 0 Å². The lowest BCUT2D eigenvalue weighted by atomic mass is 10.1. The Balaban J connectivity index is 1.72. The van der Waals surface area contributed by atoms with Crippen LogP contribution in [0.25, 0.3) is 10.9 Å². The van der Waals surface area contributed by atoms with Gasteiger partial charge in [-0.1, -0.05) is 24.3 Å². The van der Waals surface area contributed by atoms with Crippen molar-refractivity contribution < 1.29 is 0 Å². The first-order valence-corrected chi connectivity index (χ1v) is 8.04. The SMILES string of the molecule is CNCc1cccc(SCc2ccc3ncccc3c2)c1. The zero-order valence-electron chi connectivity index (χ0n) is 12.0. The summed E-state index contributed by atoms with van der Waals surface area (Å²) in [6.07, 6.45) is 1.84. The summed E-state index contributed by atoms with van der Waals surface area (Å²) in [5, 5.41) is 4.40. The molecule has 0 radical (unpaired) electrons. The van der Waals surface area contributed by atoms with E-state index < -0.39 is 0 Å². The minimum Gasteiger partial charge on any atom is -0.316 e. The Morgan fingerprint density at radius 3 is 2.86 bits per heavy atom. The van der Waals surface area contributed by atoms with Gasteiger partial charge in [-0.25, -0.2) is 0 Å². The van der Waals surface area contributed by atoms with Crippen LogP contribution in [0.15, 0.2) is 65.7 Å². The van der Waals surface area contributed by atoms with Crippen LogP contribution in [0.5, 0.6) is 0 Å². The molecular weight excluding hydrogens is 276 g/mol. The fraction of sp³-hybridized carbons (Fsp3) is 0.167. The Kier molecular flexibility index (Phi) is 4.53. The molecule has 3 aromatic rings. The van der Waals surface area contributed by atoms with E-state index in [-0.39, 0.29) is 0 Å². The minimum absolute atomic E-state index is 0.913. The average molecular weight is 294 g/mol. The highest BCUT2D eigenvalue weighted by molar-refractivity contribution is 7.98. The zero-order valence-corrected chi connectivity index (χ0v) is 12.9. The van der Waals surface area contributed by atoms with Gasteiger partial charge in [-0.15, -0.1) is 11.8 Å². The first kappa shape index (κ1) is 14.1. The molecule has 1 aromatic heterocycles. The normalized spacial score (nSPS) is 10.9. The minimum atomic E-state index is 0.913. The molecule has 0 bridgehead atoms. The molecular formula is C18H18N2S. The molecule has 0 atom stereocenters. The molecule has 0 fully saturated rings. The molecule has 0 spiro atoms. The molecule has 21 heavy (non-hydrogen) atoms. The lowest BCUT2D eigenvalue weighted by Crippen LogP contribution is -2.04. The number of hydrogen-bond donors (Lipinski definition) is 1. The van der Waals surface area contributed by atoms with Gasteiger partial charge in [0, 0.05) is 28.8 Å². The van der Waals surface area contributed by atoms with Gasteiger partial charge >= 0.3 is 0 Å². The van der Waals surface area contributed by atoms with E-state index in [2.05, 4.69) is 58.8 Å². The van der Waals surface area contributed by atoms with Crippen molar-refractivity contribution in [2.45, 2.75) is 17.2 Å². The molecule has 1 heterocycles. The molecule has 0 aliphatic carbocycles. The van der Waals surface area contributed by atoms with Crippen LogP contribution in [0.1, 0.15) is 11.1 Å².